The number of fused-ring (bicyclic) bond motifs is 2. The molecule has 1 N–H and O–H groups in total. The molecule has 6 nitrogen and oxygen atoms in total. The molecule has 24 heavy (non-hydrogen) atoms. The summed E-state index contributed by atoms with van der Waals surface area (Å²) in [6, 6.07) is 10.7. The van der Waals surface area contributed by atoms with Crippen LogP contribution in [-0.2, 0) is 0 Å². The molecule has 0 saturated carbocycles. The SMILES string of the molecule is O=C(C=CNc1ccc2c(c1)OCCO2)c1ccc2c(c1)OCO2. The van der Waals surface area contributed by atoms with E-state index in [2.05, 4.69) is 5.32 Å². The molecule has 0 unspecified atom stereocenters. The Balaban J connectivity index is 1.42. The van der Waals surface area contributed by atoms with Crippen molar-refractivity contribution in [1.29, 1.82) is 0 Å². The number of anilines is 1. The fraction of sp³-hybridized carbons (Fsp3) is 0.167. The van der Waals surface area contributed by atoms with Crippen molar-refractivity contribution in [2.75, 3.05) is 25.3 Å². The highest BCUT2D eigenvalue weighted by molar-refractivity contribution is 6.05. The first-order valence-corrected chi connectivity index (χ1v) is 7.56. The van der Waals surface area contributed by atoms with E-state index in [4.69, 9.17) is 18.9 Å². The Morgan fingerprint density at radius 2 is 1.58 bits per heavy atom. The van der Waals surface area contributed by atoms with Crippen molar-refractivity contribution < 1.29 is 23.7 Å². The number of ether oxygens (including phenoxy) is 4. The van der Waals surface area contributed by atoms with Gasteiger partial charge in [0, 0.05) is 29.6 Å². The number of allylic oxidation sites excluding steroid dienone is 1. The smallest absolute Gasteiger partial charge is 0.231 e. The first-order valence-electron chi connectivity index (χ1n) is 7.56. The predicted molar refractivity (Wildman–Crippen MR) is 87.1 cm³/mol. The number of benzene rings is 2. The Morgan fingerprint density at radius 3 is 2.50 bits per heavy atom. The van der Waals surface area contributed by atoms with E-state index in [1.807, 2.05) is 18.2 Å². The molecule has 2 aliphatic heterocycles. The van der Waals surface area contributed by atoms with Crippen LogP contribution in [0, 0.1) is 0 Å². The maximum atomic E-state index is 12.2. The Labute approximate surface area is 138 Å². The summed E-state index contributed by atoms with van der Waals surface area (Å²) in [6.07, 6.45) is 3.06. The summed E-state index contributed by atoms with van der Waals surface area (Å²) < 4.78 is 21.5. The van der Waals surface area contributed by atoms with E-state index in [9.17, 15) is 4.79 Å². The second-order valence-electron chi connectivity index (χ2n) is 5.27. The van der Waals surface area contributed by atoms with Crippen LogP contribution in [0.4, 0.5) is 5.69 Å². The van der Waals surface area contributed by atoms with Crippen LogP contribution in [0.3, 0.4) is 0 Å². The highest BCUT2D eigenvalue weighted by Gasteiger charge is 2.15. The van der Waals surface area contributed by atoms with E-state index in [0.29, 0.717) is 36.0 Å². The maximum Gasteiger partial charge on any atom is 0.231 e. The number of rotatable bonds is 4. The van der Waals surface area contributed by atoms with Crippen LogP contribution in [0.25, 0.3) is 0 Å². The zero-order chi connectivity index (χ0) is 16.4. The molecule has 0 atom stereocenters. The van der Waals surface area contributed by atoms with Gasteiger partial charge in [-0.05, 0) is 30.3 Å². The maximum absolute atomic E-state index is 12.2. The lowest BCUT2D eigenvalue weighted by Gasteiger charge is -2.18. The van der Waals surface area contributed by atoms with E-state index in [-0.39, 0.29) is 12.6 Å². The molecular formula is C18H15NO5. The Hall–Kier alpha value is -3.15. The molecule has 0 aromatic heterocycles. The number of hydrogen-bond donors (Lipinski definition) is 1. The number of carbonyl (C=O) groups is 1. The fourth-order valence-electron chi connectivity index (χ4n) is 2.49. The largest absolute Gasteiger partial charge is 0.486 e. The van der Waals surface area contributed by atoms with Crippen LogP contribution in [0.5, 0.6) is 23.0 Å². The lowest BCUT2D eigenvalue weighted by Crippen LogP contribution is -2.15. The lowest BCUT2D eigenvalue weighted by molar-refractivity contribution is 0.104. The minimum absolute atomic E-state index is 0.127. The molecule has 0 spiro atoms. The average molecular weight is 325 g/mol. The molecule has 2 aromatic rings. The molecule has 0 amide bonds. The van der Waals surface area contributed by atoms with Crippen LogP contribution in [0.1, 0.15) is 10.4 Å². The van der Waals surface area contributed by atoms with Crippen molar-refractivity contribution in [1.82, 2.24) is 0 Å². The van der Waals surface area contributed by atoms with E-state index < -0.39 is 0 Å². The topological polar surface area (TPSA) is 66.0 Å². The van der Waals surface area contributed by atoms with Crippen molar-refractivity contribution in [3.05, 3.63) is 54.2 Å². The van der Waals surface area contributed by atoms with Gasteiger partial charge >= 0.3 is 0 Å². The van der Waals surface area contributed by atoms with Gasteiger partial charge in [-0.15, -0.1) is 0 Å². The standard InChI is InChI=1S/C18H15NO5/c20-14(12-1-3-16-17(9-12)24-11-23-16)5-6-19-13-2-4-15-18(10-13)22-8-7-21-15/h1-6,9-10,19H,7-8,11H2. The van der Waals surface area contributed by atoms with Crippen molar-refractivity contribution in [2.45, 2.75) is 0 Å². The van der Waals surface area contributed by atoms with Crippen LogP contribution < -0.4 is 24.3 Å². The number of carbonyl (C=O) groups excluding carboxylic acids is 1. The molecule has 2 aromatic carbocycles. The van der Waals surface area contributed by atoms with E-state index >= 15 is 0 Å². The predicted octanol–water partition coefficient (Wildman–Crippen LogP) is 3.00. The molecular weight excluding hydrogens is 310 g/mol. The highest BCUT2D eigenvalue weighted by atomic mass is 16.7. The molecule has 2 heterocycles. The first kappa shape index (κ1) is 14.4. The molecule has 6 heteroatoms. The molecule has 0 bridgehead atoms. The van der Waals surface area contributed by atoms with E-state index in [1.165, 1.54) is 6.08 Å². The number of ketones is 1. The minimum Gasteiger partial charge on any atom is -0.486 e. The van der Waals surface area contributed by atoms with Crippen molar-refractivity contribution in [3.8, 4) is 23.0 Å². The third-order valence-corrected chi connectivity index (χ3v) is 3.68. The van der Waals surface area contributed by atoms with E-state index in [1.54, 1.807) is 24.4 Å². The molecule has 0 saturated heterocycles. The van der Waals surface area contributed by atoms with E-state index in [0.717, 1.165) is 11.4 Å². The van der Waals surface area contributed by atoms with Gasteiger partial charge in [-0.1, -0.05) is 0 Å². The average Bonchev–Trinajstić information content (AvgIpc) is 3.09. The second kappa shape index (κ2) is 6.16. The van der Waals surface area contributed by atoms with Gasteiger partial charge in [-0.25, -0.2) is 0 Å². The van der Waals surface area contributed by atoms with Gasteiger partial charge in [0.05, 0.1) is 0 Å². The Bertz CT molecular complexity index is 815. The summed E-state index contributed by atoms with van der Waals surface area (Å²) in [5, 5.41) is 3.05. The quantitative estimate of drug-likeness (QED) is 0.688. The molecule has 2 aliphatic rings. The van der Waals surface area contributed by atoms with Crippen molar-refractivity contribution in [3.63, 3.8) is 0 Å². The number of nitrogens with one attached hydrogen (secondary N) is 1. The summed E-state index contributed by atoms with van der Waals surface area (Å²) in [5.74, 6) is 2.55. The van der Waals surface area contributed by atoms with Gasteiger partial charge < -0.3 is 24.3 Å². The molecule has 4 rings (SSSR count). The summed E-state index contributed by atoms with van der Waals surface area (Å²) in [6.45, 7) is 1.28. The minimum atomic E-state index is -0.127. The van der Waals surface area contributed by atoms with Crippen LogP contribution in [0.2, 0.25) is 0 Å². The van der Waals surface area contributed by atoms with Gasteiger partial charge in [0.15, 0.2) is 28.8 Å². The third kappa shape index (κ3) is 2.86. The fourth-order valence-corrected chi connectivity index (χ4v) is 2.49. The van der Waals surface area contributed by atoms with Gasteiger partial charge in [0.1, 0.15) is 13.2 Å². The molecule has 122 valence electrons. The van der Waals surface area contributed by atoms with Crippen molar-refractivity contribution >= 4 is 11.5 Å². The van der Waals surface area contributed by atoms with Gasteiger partial charge in [-0.2, -0.15) is 0 Å². The zero-order valence-corrected chi connectivity index (χ0v) is 12.8. The molecule has 0 aliphatic carbocycles. The van der Waals surface area contributed by atoms with Gasteiger partial charge in [0.25, 0.3) is 0 Å². The molecule has 0 fully saturated rings. The van der Waals surface area contributed by atoms with Crippen LogP contribution in [0.15, 0.2) is 48.7 Å². The summed E-state index contributed by atoms with van der Waals surface area (Å²) in [7, 11) is 0. The summed E-state index contributed by atoms with van der Waals surface area (Å²) >= 11 is 0. The summed E-state index contributed by atoms with van der Waals surface area (Å²) in [4.78, 5) is 12.2. The monoisotopic (exact) mass is 325 g/mol. The third-order valence-electron chi connectivity index (χ3n) is 3.68. The van der Waals surface area contributed by atoms with Crippen molar-refractivity contribution in [2.24, 2.45) is 0 Å². The van der Waals surface area contributed by atoms with Crippen LogP contribution >= 0.6 is 0 Å². The zero-order valence-electron chi connectivity index (χ0n) is 12.8. The Morgan fingerprint density at radius 1 is 0.875 bits per heavy atom. The van der Waals surface area contributed by atoms with Gasteiger partial charge in [0.2, 0.25) is 6.79 Å². The summed E-state index contributed by atoms with van der Waals surface area (Å²) in [5.41, 5.74) is 1.36. The molecule has 0 radical (unpaired) electrons. The van der Waals surface area contributed by atoms with Gasteiger partial charge in [-0.3, -0.25) is 4.79 Å². The second-order valence-corrected chi connectivity index (χ2v) is 5.27. The Kier molecular flexibility index (Phi) is 3.70. The highest BCUT2D eigenvalue weighted by Crippen LogP contribution is 2.33. The number of hydrogen-bond acceptors (Lipinski definition) is 6. The lowest BCUT2D eigenvalue weighted by atomic mass is 10.1. The van der Waals surface area contributed by atoms with Crippen LogP contribution in [-0.4, -0.2) is 25.8 Å². The first-order chi connectivity index (χ1) is 11.8. The normalized spacial score (nSPS) is 14.7.